The standard InChI is InChI=1S/C16H15BrClN3/c1-19-6-7-20-16-12-8-10(17)2-4-14(12)21-15-5-3-11(18)9-13(15)16/h2-5,8-9,19H,6-7H2,1H3,(H,20,21). The predicted molar refractivity (Wildman–Crippen MR) is 94.4 cm³/mol. The van der Waals surface area contributed by atoms with Gasteiger partial charge in [-0.2, -0.15) is 0 Å². The fourth-order valence-corrected chi connectivity index (χ4v) is 2.92. The van der Waals surface area contributed by atoms with Gasteiger partial charge in [-0.3, -0.25) is 0 Å². The lowest BCUT2D eigenvalue weighted by Gasteiger charge is -2.13. The number of anilines is 1. The molecule has 0 amide bonds. The molecule has 3 nitrogen and oxygen atoms in total. The molecule has 2 aromatic carbocycles. The molecule has 21 heavy (non-hydrogen) atoms. The van der Waals surface area contributed by atoms with Crippen molar-refractivity contribution in [3.8, 4) is 0 Å². The molecule has 3 aromatic rings. The Hall–Kier alpha value is -1.36. The van der Waals surface area contributed by atoms with E-state index in [-0.39, 0.29) is 0 Å². The topological polar surface area (TPSA) is 37.0 Å². The number of hydrogen-bond donors (Lipinski definition) is 2. The van der Waals surface area contributed by atoms with Crippen molar-refractivity contribution in [2.45, 2.75) is 0 Å². The average Bonchev–Trinajstić information content (AvgIpc) is 2.47. The first-order valence-corrected chi connectivity index (χ1v) is 7.93. The van der Waals surface area contributed by atoms with Crippen LogP contribution in [0.5, 0.6) is 0 Å². The van der Waals surface area contributed by atoms with Gasteiger partial charge in [-0.1, -0.05) is 27.5 Å². The number of hydrogen-bond acceptors (Lipinski definition) is 3. The Bertz CT molecular complexity index is 744. The summed E-state index contributed by atoms with van der Waals surface area (Å²) in [6.45, 7) is 1.73. The lowest BCUT2D eigenvalue weighted by atomic mass is 10.1. The molecule has 0 saturated carbocycles. The van der Waals surface area contributed by atoms with Crippen LogP contribution < -0.4 is 10.6 Å². The minimum Gasteiger partial charge on any atom is -0.383 e. The maximum absolute atomic E-state index is 6.16. The second-order valence-corrected chi connectivity index (χ2v) is 6.19. The number of pyridine rings is 1. The van der Waals surface area contributed by atoms with E-state index in [4.69, 9.17) is 16.6 Å². The van der Waals surface area contributed by atoms with Gasteiger partial charge in [-0.25, -0.2) is 4.98 Å². The van der Waals surface area contributed by atoms with Crippen LogP contribution >= 0.6 is 27.5 Å². The monoisotopic (exact) mass is 363 g/mol. The zero-order valence-electron chi connectivity index (χ0n) is 11.6. The van der Waals surface area contributed by atoms with Crippen molar-refractivity contribution in [3.63, 3.8) is 0 Å². The molecule has 0 atom stereocenters. The summed E-state index contributed by atoms with van der Waals surface area (Å²) in [7, 11) is 1.94. The summed E-state index contributed by atoms with van der Waals surface area (Å²) in [4.78, 5) is 4.71. The second-order valence-electron chi connectivity index (χ2n) is 4.84. The molecule has 5 heteroatoms. The molecule has 0 aliphatic carbocycles. The van der Waals surface area contributed by atoms with Crippen molar-refractivity contribution >= 4 is 55.0 Å². The second kappa shape index (κ2) is 6.18. The van der Waals surface area contributed by atoms with E-state index in [1.807, 2.05) is 37.4 Å². The minimum absolute atomic E-state index is 0.718. The molecule has 0 fully saturated rings. The largest absolute Gasteiger partial charge is 0.383 e. The van der Waals surface area contributed by atoms with E-state index in [1.165, 1.54) is 0 Å². The summed E-state index contributed by atoms with van der Waals surface area (Å²) in [6, 6.07) is 11.9. The molecule has 1 aromatic heterocycles. The van der Waals surface area contributed by atoms with Gasteiger partial charge in [0.2, 0.25) is 0 Å². The molecule has 0 radical (unpaired) electrons. The van der Waals surface area contributed by atoms with Gasteiger partial charge in [-0.05, 0) is 43.4 Å². The van der Waals surface area contributed by atoms with Crippen LogP contribution in [0, 0.1) is 0 Å². The van der Waals surface area contributed by atoms with Crippen molar-refractivity contribution in [1.82, 2.24) is 10.3 Å². The zero-order valence-corrected chi connectivity index (χ0v) is 13.9. The van der Waals surface area contributed by atoms with E-state index in [1.54, 1.807) is 0 Å². The normalized spacial score (nSPS) is 11.2. The third-order valence-electron chi connectivity index (χ3n) is 3.37. The number of fused-ring (bicyclic) bond motifs is 2. The number of aromatic nitrogens is 1. The molecule has 0 aliphatic heterocycles. The highest BCUT2D eigenvalue weighted by Gasteiger charge is 2.10. The summed E-state index contributed by atoms with van der Waals surface area (Å²) in [5.41, 5.74) is 3.00. The first-order chi connectivity index (χ1) is 10.2. The predicted octanol–water partition coefficient (Wildman–Crippen LogP) is 4.44. The Balaban J connectivity index is 2.27. The van der Waals surface area contributed by atoms with E-state index in [9.17, 15) is 0 Å². The Labute approximate surface area is 136 Å². The van der Waals surface area contributed by atoms with Crippen LogP contribution in [0.4, 0.5) is 5.69 Å². The molecule has 2 N–H and O–H groups in total. The third-order valence-corrected chi connectivity index (χ3v) is 4.10. The van der Waals surface area contributed by atoms with Crippen molar-refractivity contribution in [2.75, 3.05) is 25.5 Å². The number of benzene rings is 2. The van der Waals surface area contributed by atoms with Gasteiger partial charge in [0.15, 0.2) is 0 Å². The Morgan fingerprint density at radius 3 is 2.52 bits per heavy atom. The highest BCUT2D eigenvalue weighted by Crippen LogP contribution is 2.33. The molecule has 0 bridgehead atoms. The molecule has 0 unspecified atom stereocenters. The van der Waals surface area contributed by atoms with E-state index in [2.05, 4.69) is 32.6 Å². The fourth-order valence-electron chi connectivity index (χ4n) is 2.39. The quantitative estimate of drug-likeness (QED) is 0.531. The van der Waals surface area contributed by atoms with Gasteiger partial charge < -0.3 is 10.6 Å². The highest BCUT2D eigenvalue weighted by atomic mass is 79.9. The minimum atomic E-state index is 0.718. The van der Waals surface area contributed by atoms with Crippen LogP contribution in [0.2, 0.25) is 5.02 Å². The van der Waals surface area contributed by atoms with Gasteiger partial charge in [0.25, 0.3) is 0 Å². The van der Waals surface area contributed by atoms with Crippen molar-refractivity contribution in [3.05, 3.63) is 45.9 Å². The van der Waals surface area contributed by atoms with Crippen LogP contribution in [0.3, 0.4) is 0 Å². The number of nitrogens with one attached hydrogen (secondary N) is 2. The lowest BCUT2D eigenvalue weighted by Crippen LogP contribution is -2.18. The van der Waals surface area contributed by atoms with Crippen molar-refractivity contribution < 1.29 is 0 Å². The first kappa shape index (κ1) is 14.6. The van der Waals surface area contributed by atoms with Gasteiger partial charge in [0, 0.05) is 33.4 Å². The third kappa shape index (κ3) is 2.98. The van der Waals surface area contributed by atoms with E-state index in [0.717, 1.165) is 50.1 Å². The molecule has 0 spiro atoms. The molecule has 0 aliphatic rings. The van der Waals surface area contributed by atoms with Crippen LogP contribution in [0.15, 0.2) is 40.9 Å². The van der Waals surface area contributed by atoms with Gasteiger partial charge in [-0.15, -0.1) is 0 Å². The summed E-state index contributed by atoms with van der Waals surface area (Å²) in [5, 5.41) is 9.50. The van der Waals surface area contributed by atoms with E-state index < -0.39 is 0 Å². The van der Waals surface area contributed by atoms with Crippen LogP contribution in [-0.2, 0) is 0 Å². The van der Waals surface area contributed by atoms with Crippen LogP contribution in [0.25, 0.3) is 21.8 Å². The summed E-state index contributed by atoms with van der Waals surface area (Å²) in [5.74, 6) is 0. The number of nitrogens with zero attached hydrogens (tertiary/aromatic N) is 1. The van der Waals surface area contributed by atoms with E-state index in [0.29, 0.717) is 0 Å². The number of halogens is 2. The van der Waals surface area contributed by atoms with Crippen LogP contribution in [-0.4, -0.2) is 25.1 Å². The van der Waals surface area contributed by atoms with Crippen molar-refractivity contribution in [2.24, 2.45) is 0 Å². The summed E-state index contributed by atoms with van der Waals surface area (Å²) in [6.07, 6.45) is 0. The number of likely N-dealkylation sites (N-methyl/N-ethyl adjacent to an activating group) is 1. The molecule has 108 valence electrons. The SMILES string of the molecule is CNCCNc1c2cc(Cl)ccc2nc2ccc(Br)cc12. The summed E-state index contributed by atoms with van der Waals surface area (Å²) >= 11 is 9.69. The summed E-state index contributed by atoms with van der Waals surface area (Å²) < 4.78 is 1.04. The lowest BCUT2D eigenvalue weighted by molar-refractivity contribution is 0.825. The molecule has 1 heterocycles. The highest BCUT2D eigenvalue weighted by molar-refractivity contribution is 9.10. The maximum atomic E-state index is 6.16. The molecular weight excluding hydrogens is 350 g/mol. The molecule has 3 rings (SSSR count). The fraction of sp³-hybridized carbons (Fsp3) is 0.188. The van der Waals surface area contributed by atoms with Crippen molar-refractivity contribution in [1.29, 1.82) is 0 Å². The molecule has 0 saturated heterocycles. The van der Waals surface area contributed by atoms with Gasteiger partial charge in [0.1, 0.15) is 0 Å². The van der Waals surface area contributed by atoms with Crippen LogP contribution in [0.1, 0.15) is 0 Å². The van der Waals surface area contributed by atoms with Gasteiger partial charge in [0.05, 0.1) is 16.7 Å². The molecular formula is C16H15BrClN3. The van der Waals surface area contributed by atoms with Gasteiger partial charge >= 0.3 is 0 Å². The van der Waals surface area contributed by atoms with E-state index >= 15 is 0 Å². The Morgan fingerprint density at radius 2 is 1.76 bits per heavy atom. The Morgan fingerprint density at radius 1 is 1.05 bits per heavy atom. The zero-order chi connectivity index (χ0) is 14.8. The first-order valence-electron chi connectivity index (χ1n) is 6.76. The average molecular weight is 365 g/mol. The smallest absolute Gasteiger partial charge is 0.0731 e. The maximum Gasteiger partial charge on any atom is 0.0731 e. The Kier molecular flexibility index (Phi) is 4.29. The number of rotatable bonds is 4.